The summed E-state index contributed by atoms with van der Waals surface area (Å²) in [6.45, 7) is 6.22. The summed E-state index contributed by atoms with van der Waals surface area (Å²) in [6, 6.07) is 0. The molecule has 0 bridgehead atoms. The van der Waals surface area contributed by atoms with Crippen LogP contribution in [0.5, 0.6) is 0 Å². The highest BCUT2D eigenvalue weighted by Crippen LogP contribution is 2.37. The average molecular weight is 218 g/mol. The molecule has 1 fully saturated rings. The van der Waals surface area contributed by atoms with Gasteiger partial charge in [0, 0.05) is 0 Å². The first kappa shape index (κ1) is 12.0. The molecule has 3 atom stereocenters. The number of hydrogen-bond donors (Lipinski definition) is 0. The molecule has 0 N–H and O–H groups in total. The summed E-state index contributed by atoms with van der Waals surface area (Å²) in [5.41, 5.74) is 0. The van der Waals surface area contributed by atoms with E-state index in [2.05, 4.69) is 20.8 Å². The van der Waals surface area contributed by atoms with Gasteiger partial charge in [0.05, 0.1) is 10.5 Å². The SMILES string of the molecule is CCCC1CC(C)C(CCC)S1(=O)=O. The maximum Gasteiger partial charge on any atom is 0.156 e. The van der Waals surface area contributed by atoms with Gasteiger partial charge < -0.3 is 0 Å². The summed E-state index contributed by atoms with van der Waals surface area (Å²) in [5.74, 6) is 0.372. The summed E-state index contributed by atoms with van der Waals surface area (Å²) in [6.07, 6.45) is 4.56. The van der Waals surface area contributed by atoms with E-state index in [9.17, 15) is 8.42 Å². The highest BCUT2D eigenvalue weighted by atomic mass is 32.2. The zero-order valence-corrected chi connectivity index (χ0v) is 10.3. The Morgan fingerprint density at radius 1 is 1.14 bits per heavy atom. The molecule has 1 saturated heterocycles. The molecule has 0 amide bonds. The van der Waals surface area contributed by atoms with Crippen molar-refractivity contribution in [2.45, 2.75) is 63.4 Å². The summed E-state index contributed by atoms with van der Waals surface area (Å²) in [4.78, 5) is 0. The maximum absolute atomic E-state index is 12.1. The van der Waals surface area contributed by atoms with E-state index in [1.165, 1.54) is 0 Å². The summed E-state index contributed by atoms with van der Waals surface area (Å²) < 4.78 is 24.2. The highest BCUT2D eigenvalue weighted by molar-refractivity contribution is 7.92. The largest absolute Gasteiger partial charge is 0.228 e. The first-order valence-corrected chi connectivity index (χ1v) is 7.37. The fraction of sp³-hybridized carbons (Fsp3) is 1.00. The van der Waals surface area contributed by atoms with E-state index >= 15 is 0 Å². The van der Waals surface area contributed by atoms with Gasteiger partial charge in [0.2, 0.25) is 0 Å². The van der Waals surface area contributed by atoms with E-state index in [1.54, 1.807) is 0 Å². The van der Waals surface area contributed by atoms with Crippen LogP contribution in [0.1, 0.15) is 52.9 Å². The molecule has 1 rings (SSSR count). The Bertz CT molecular complexity index is 269. The van der Waals surface area contributed by atoms with E-state index < -0.39 is 9.84 Å². The third-order valence-electron chi connectivity index (χ3n) is 3.34. The van der Waals surface area contributed by atoms with Crippen LogP contribution in [0.4, 0.5) is 0 Å². The van der Waals surface area contributed by atoms with E-state index in [0.717, 1.165) is 32.1 Å². The molecule has 0 spiro atoms. The molecule has 3 heteroatoms. The molecular formula is C11H22O2S. The quantitative estimate of drug-likeness (QED) is 0.727. The van der Waals surface area contributed by atoms with Crippen LogP contribution in [0.25, 0.3) is 0 Å². The van der Waals surface area contributed by atoms with Crippen molar-refractivity contribution in [1.82, 2.24) is 0 Å². The van der Waals surface area contributed by atoms with Gasteiger partial charge in [-0.1, -0.05) is 33.6 Å². The van der Waals surface area contributed by atoms with Crippen molar-refractivity contribution in [2.24, 2.45) is 5.92 Å². The van der Waals surface area contributed by atoms with Crippen molar-refractivity contribution in [3.63, 3.8) is 0 Å². The summed E-state index contributed by atoms with van der Waals surface area (Å²) in [7, 11) is -2.80. The van der Waals surface area contributed by atoms with Crippen molar-refractivity contribution < 1.29 is 8.42 Å². The van der Waals surface area contributed by atoms with E-state index in [1.807, 2.05) is 0 Å². The Balaban J connectivity index is 2.79. The molecular weight excluding hydrogens is 196 g/mol. The first-order valence-electron chi connectivity index (χ1n) is 5.76. The van der Waals surface area contributed by atoms with Gasteiger partial charge in [-0.25, -0.2) is 8.42 Å². The third kappa shape index (κ3) is 2.13. The molecule has 1 heterocycles. The Kier molecular flexibility index (Phi) is 3.99. The van der Waals surface area contributed by atoms with E-state index in [-0.39, 0.29) is 10.5 Å². The predicted molar refractivity (Wildman–Crippen MR) is 60.1 cm³/mol. The first-order chi connectivity index (χ1) is 6.54. The van der Waals surface area contributed by atoms with Crippen molar-refractivity contribution in [2.75, 3.05) is 0 Å². The lowest BCUT2D eigenvalue weighted by atomic mass is 9.98. The second-order valence-corrected chi connectivity index (χ2v) is 6.99. The molecule has 3 unspecified atom stereocenters. The standard InChI is InChI=1S/C11H22O2S/c1-4-6-10-8-9(3)11(7-5-2)14(10,12)13/h9-11H,4-8H2,1-3H3. The van der Waals surface area contributed by atoms with E-state index in [4.69, 9.17) is 0 Å². The van der Waals surface area contributed by atoms with Gasteiger partial charge in [-0.05, 0) is 25.2 Å². The third-order valence-corrected chi connectivity index (χ3v) is 6.24. The molecule has 84 valence electrons. The second kappa shape index (κ2) is 4.65. The van der Waals surface area contributed by atoms with Crippen LogP contribution in [0.15, 0.2) is 0 Å². The average Bonchev–Trinajstić information content (AvgIpc) is 2.30. The van der Waals surface area contributed by atoms with Crippen LogP contribution in [0.2, 0.25) is 0 Å². The molecule has 0 aromatic heterocycles. The molecule has 0 aromatic carbocycles. The minimum Gasteiger partial charge on any atom is -0.228 e. The monoisotopic (exact) mass is 218 g/mol. The lowest BCUT2D eigenvalue weighted by Gasteiger charge is -2.13. The zero-order chi connectivity index (χ0) is 10.8. The summed E-state index contributed by atoms with van der Waals surface area (Å²) in [5, 5.41) is -0.0944. The Labute approximate surface area is 88.0 Å². The highest BCUT2D eigenvalue weighted by Gasteiger charge is 2.43. The van der Waals surface area contributed by atoms with Gasteiger partial charge in [-0.2, -0.15) is 0 Å². The minimum absolute atomic E-state index is 0.0425. The van der Waals surface area contributed by atoms with Gasteiger partial charge in [-0.3, -0.25) is 0 Å². The smallest absolute Gasteiger partial charge is 0.156 e. The molecule has 1 aliphatic rings. The Morgan fingerprint density at radius 2 is 1.71 bits per heavy atom. The lowest BCUT2D eigenvalue weighted by Crippen LogP contribution is -2.24. The second-order valence-electron chi connectivity index (χ2n) is 4.54. The topological polar surface area (TPSA) is 34.1 Å². The molecule has 0 saturated carbocycles. The molecule has 1 aliphatic heterocycles. The normalized spacial score (nSPS) is 36.1. The van der Waals surface area contributed by atoms with Gasteiger partial charge in [0.25, 0.3) is 0 Å². The molecule has 0 radical (unpaired) electrons. The van der Waals surface area contributed by atoms with E-state index in [0.29, 0.717) is 5.92 Å². The fourth-order valence-electron chi connectivity index (χ4n) is 2.61. The molecule has 0 aromatic rings. The number of rotatable bonds is 4. The number of sulfone groups is 1. The Morgan fingerprint density at radius 3 is 2.21 bits per heavy atom. The predicted octanol–water partition coefficient (Wildman–Crippen LogP) is 2.78. The van der Waals surface area contributed by atoms with Gasteiger partial charge in [-0.15, -0.1) is 0 Å². The van der Waals surface area contributed by atoms with Crippen LogP contribution < -0.4 is 0 Å². The molecule has 14 heavy (non-hydrogen) atoms. The maximum atomic E-state index is 12.1. The van der Waals surface area contributed by atoms with Crippen LogP contribution >= 0.6 is 0 Å². The van der Waals surface area contributed by atoms with Gasteiger partial charge >= 0.3 is 0 Å². The van der Waals surface area contributed by atoms with Crippen LogP contribution in [0, 0.1) is 5.92 Å². The van der Waals surface area contributed by atoms with Crippen molar-refractivity contribution in [3.8, 4) is 0 Å². The Hall–Kier alpha value is -0.0500. The summed E-state index contributed by atoms with van der Waals surface area (Å²) >= 11 is 0. The van der Waals surface area contributed by atoms with Crippen molar-refractivity contribution in [3.05, 3.63) is 0 Å². The van der Waals surface area contributed by atoms with Crippen LogP contribution in [-0.2, 0) is 9.84 Å². The number of hydrogen-bond acceptors (Lipinski definition) is 2. The van der Waals surface area contributed by atoms with Gasteiger partial charge in [0.15, 0.2) is 9.84 Å². The minimum atomic E-state index is -2.80. The lowest BCUT2D eigenvalue weighted by molar-refractivity contribution is 0.498. The van der Waals surface area contributed by atoms with Crippen LogP contribution in [0.3, 0.4) is 0 Å². The fourth-order valence-corrected chi connectivity index (χ4v) is 5.56. The van der Waals surface area contributed by atoms with Crippen molar-refractivity contribution >= 4 is 9.84 Å². The van der Waals surface area contributed by atoms with Crippen molar-refractivity contribution in [1.29, 1.82) is 0 Å². The van der Waals surface area contributed by atoms with Crippen LogP contribution in [-0.4, -0.2) is 18.9 Å². The molecule has 0 aliphatic carbocycles. The molecule has 2 nitrogen and oxygen atoms in total. The zero-order valence-electron chi connectivity index (χ0n) is 9.49. The van der Waals surface area contributed by atoms with Gasteiger partial charge in [0.1, 0.15) is 0 Å².